The number of fused-ring (bicyclic) bond motifs is 3. The molecule has 0 spiro atoms. The summed E-state index contributed by atoms with van der Waals surface area (Å²) in [6.07, 6.45) is 0.897. The lowest BCUT2D eigenvalue weighted by Gasteiger charge is -2.35. The largest absolute Gasteiger partial charge is 0.337 e. The van der Waals surface area contributed by atoms with Crippen molar-refractivity contribution in [2.24, 2.45) is 0 Å². The molecule has 2 aliphatic heterocycles. The van der Waals surface area contributed by atoms with E-state index in [1.54, 1.807) is 10.4 Å². The minimum Gasteiger partial charge on any atom is -0.337 e. The fraction of sp³-hybridized carbons (Fsp3) is 0.429. The second-order valence-corrected chi connectivity index (χ2v) is 9.79. The van der Waals surface area contributed by atoms with Crippen molar-refractivity contribution >= 4 is 15.7 Å². The molecule has 0 saturated carbocycles. The van der Waals surface area contributed by atoms with Gasteiger partial charge in [0, 0.05) is 6.42 Å². The van der Waals surface area contributed by atoms with Gasteiger partial charge in [0.2, 0.25) is 0 Å². The summed E-state index contributed by atoms with van der Waals surface area (Å²) in [4.78, 5) is 1.91. The molecule has 0 radical (unpaired) electrons. The lowest BCUT2D eigenvalue weighted by molar-refractivity contribution is -0.886. The van der Waals surface area contributed by atoms with E-state index in [4.69, 9.17) is 0 Å². The molecule has 1 fully saturated rings. The number of aryl methyl sites for hydroxylation is 3. The molecule has 0 aliphatic carbocycles. The van der Waals surface area contributed by atoms with Gasteiger partial charge >= 0.3 is 0 Å². The molecule has 3 atom stereocenters. The van der Waals surface area contributed by atoms with E-state index in [0.717, 1.165) is 36.3 Å². The third-order valence-corrected chi connectivity index (χ3v) is 7.89. The van der Waals surface area contributed by atoms with Crippen LogP contribution in [0, 0.1) is 20.8 Å². The first-order valence-corrected chi connectivity index (χ1v) is 10.8. The summed E-state index contributed by atoms with van der Waals surface area (Å²) in [5.74, 6) is 0.277. The van der Waals surface area contributed by atoms with Crippen molar-refractivity contribution in [2.45, 2.75) is 44.0 Å². The van der Waals surface area contributed by atoms with Crippen LogP contribution in [0.15, 0.2) is 41.3 Å². The Bertz CT molecular complexity index is 968. The van der Waals surface area contributed by atoms with Crippen LogP contribution in [0.4, 0.5) is 5.69 Å². The standard InChI is InChI=1S/C21H26N2O2S/c1-14-6-8-21(16(3)11-14)26(24,25)23-19-7-5-15(2)12-17(19)18-13-22(4)10-9-20(18)23/h5-8,11-12,18,20H,9-10,13H2,1-4H3/p+1/t18-,20-/m0/s1. The van der Waals surface area contributed by atoms with E-state index in [2.05, 4.69) is 20.0 Å². The van der Waals surface area contributed by atoms with Gasteiger partial charge in [-0.25, -0.2) is 8.42 Å². The van der Waals surface area contributed by atoms with Gasteiger partial charge in [-0.1, -0.05) is 35.4 Å². The number of quaternary nitrogens is 1. The molecule has 2 aromatic carbocycles. The van der Waals surface area contributed by atoms with Crippen LogP contribution in [0.2, 0.25) is 0 Å². The number of rotatable bonds is 2. The number of likely N-dealkylation sites (N-methyl/N-ethyl adjacent to an activating group) is 1. The van der Waals surface area contributed by atoms with Gasteiger partial charge in [0.15, 0.2) is 0 Å². The molecule has 5 heteroatoms. The van der Waals surface area contributed by atoms with Gasteiger partial charge in [0.25, 0.3) is 10.0 Å². The van der Waals surface area contributed by atoms with Gasteiger partial charge in [-0.05, 0) is 44.0 Å². The van der Waals surface area contributed by atoms with E-state index < -0.39 is 10.0 Å². The number of nitrogens with zero attached hydrogens (tertiary/aromatic N) is 1. The highest BCUT2D eigenvalue weighted by Crippen LogP contribution is 2.46. The molecule has 1 N–H and O–H groups in total. The number of piperidine rings is 1. The Morgan fingerprint density at radius 2 is 1.73 bits per heavy atom. The maximum atomic E-state index is 13.7. The number of benzene rings is 2. The molecule has 2 aliphatic rings. The summed E-state index contributed by atoms with van der Waals surface area (Å²) in [7, 11) is -1.37. The van der Waals surface area contributed by atoms with E-state index in [1.807, 2.05) is 38.1 Å². The van der Waals surface area contributed by atoms with E-state index in [0.29, 0.717) is 4.90 Å². The second kappa shape index (κ2) is 6.10. The summed E-state index contributed by atoms with van der Waals surface area (Å²) in [6.45, 7) is 7.96. The molecule has 0 amide bonds. The summed E-state index contributed by atoms with van der Waals surface area (Å²) >= 11 is 0. The minimum absolute atomic E-state index is 0.0289. The van der Waals surface area contributed by atoms with Crippen LogP contribution >= 0.6 is 0 Å². The number of likely N-dealkylation sites (tertiary alicyclic amines) is 1. The molecule has 26 heavy (non-hydrogen) atoms. The van der Waals surface area contributed by atoms with Crippen molar-refractivity contribution < 1.29 is 13.3 Å². The first kappa shape index (κ1) is 17.6. The number of hydrogen-bond donors (Lipinski definition) is 1. The lowest BCUT2D eigenvalue weighted by atomic mass is 9.89. The van der Waals surface area contributed by atoms with Crippen LogP contribution in [0.25, 0.3) is 0 Å². The van der Waals surface area contributed by atoms with E-state index in [-0.39, 0.29) is 12.0 Å². The molecule has 0 bridgehead atoms. The van der Waals surface area contributed by atoms with Gasteiger partial charge < -0.3 is 4.90 Å². The summed E-state index contributed by atoms with van der Waals surface area (Å²) in [6, 6.07) is 11.8. The Kier molecular flexibility index (Phi) is 4.12. The normalized spacial score (nSPS) is 25.1. The highest BCUT2D eigenvalue weighted by atomic mass is 32.2. The van der Waals surface area contributed by atoms with Gasteiger partial charge in [0.1, 0.15) is 0 Å². The first-order chi connectivity index (χ1) is 12.3. The van der Waals surface area contributed by atoms with Crippen LogP contribution in [-0.2, 0) is 10.0 Å². The van der Waals surface area contributed by atoms with Crippen molar-refractivity contribution in [1.82, 2.24) is 0 Å². The molecule has 2 heterocycles. The number of hydrogen-bond acceptors (Lipinski definition) is 2. The Labute approximate surface area is 156 Å². The van der Waals surface area contributed by atoms with Crippen LogP contribution in [0.1, 0.15) is 34.6 Å². The van der Waals surface area contributed by atoms with Crippen molar-refractivity contribution in [3.8, 4) is 0 Å². The maximum absolute atomic E-state index is 13.7. The quantitative estimate of drug-likeness (QED) is 0.879. The van der Waals surface area contributed by atoms with Crippen LogP contribution < -0.4 is 9.21 Å². The zero-order valence-electron chi connectivity index (χ0n) is 15.9. The molecule has 4 nitrogen and oxygen atoms in total. The molecule has 4 rings (SSSR count). The monoisotopic (exact) mass is 371 g/mol. The lowest BCUT2D eigenvalue weighted by Crippen LogP contribution is -3.11. The smallest absolute Gasteiger partial charge is 0.264 e. The zero-order valence-corrected chi connectivity index (χ0v) is 16.7. The topological polar surface area (TPSA) is 41.8 Å². The van der Waals surface area contributed by atoms with Gasteiger partial charge in [-0.15, -0.1) is 0 Å². The van der Waals surface area contributed by atoms with Crippen molar-refractivity contribution in [3.05, 3.63) is 58.7 Å². The molecular formula is C21H27N2O2S+. The van der Waals surface area contributed by atoms with Crippen LogP contribution in [0.5, 0.6) is 0 Å². The Balaban J connectivity index is 1.88. The number of anilines is 1. The molecule has 1 saturated heterocycles. The summed E-state index contributed by atoms with van der Waals surface area (Å²) in [5.41, 5.74) is 5.17. The average Bonchev–Trinajstić information content (AvgIpc) is 2.88. The number of nitrogens with one attached hydrogen (secondary N) is 1. The fourth-order valence-electron chi connectivity index (χ4n) is 4.66. The third-order valence-electron chi connectivity index (χ3n) is 5.89. The van der Waals surface area contributed by atoms with Crippen LogP contribution in [0.3, 0.4) is 0 Å². The summed E-state index contributed by atoms with van der Waals surface area (Å²) < 4.78 is 29.1. The first-order valence-electron chi connectivity index (χ1n) is 9.32. The van der Waals surface area contributed by atoms with E-state index in [9.17, 15) is 8.42 Å². The van der Waals surface area contributed by atoms with Crippen LogP contribution in [-0.4, -0.2) is 34.6 Å². The molecule has 1 unspecified atom stereocenters. The minimum atomic E-state index is -3.58. The molecule has 2 aromatic rings. The van der Waals surface area contributed by atoms with Crippen molar-refractivity contribution in [2.75, 3.05) is 24.4 Å². The van der Waals surface area contributed by atoms with E-state index in [1.165, 1.54) is 16.0 Å². The second-order valence-electron chi connectivity index (χ2n) is 8.01. The Morgan fingerprint density at radius 1 is 1.04 bits per heavy atom. The highest BCUT2D eigenvalue weighted by molar-refractivity contribution is 7.93. The SMILES string of the molecule is Cc1ccc(S(=O)(=O)N2c3ccc(C)cc3[C@@H]3C[NH+](C)CC[C@@H]32)c(C)c1. The summed E-state index contributed by atoms with van der Waals surface area (Å²) in [5, 5.41) is 0. The van der Waals surface area contributed by atoms with Gasteiger partial charge in [0.05, 0.1) is 42.7 Å². The Morgan fingerprint density at radius 3 is 2.46 bits per heavy atom. The third kappa shape index (κ3) is 2.65. The maximum Gasteiger partial charge on any atom is 0.264 e. The molecule has 0 aromatic heterocycles. The molecular weight excluding hydrogens is 344 g/mol. The van der Waals surface area contributed by atoms with E-state index >= 15 is 0 Å². The fourth-order valence-corrected chi connectivity index (χ4v) is 6.61. The zero-order chi connectivity index (χ0) is 18.6. The van der Waals surface area contributed by atoms with Gasteiger partial charge in [-0.3, -0.25) is 4.31 Å². The predicted octanol–water partition coefficient (Wildman–Crippen LogP) is 2.19. The average molecular weight is 372 g/mol. The number of sulfonamides is 1. The highest BCUT2D eigenvalue weighted by Gasteiger charge is 2.48. The molecule has 138 valence electrons. The predicted molar refractivity (Wildman–Crippen MR) is 105 cm³/mol. The van der Waals surface area contributed by atoms with Crippen molar-refractivity contribution in [3.63, 3.8) is 0 Å². The van der Waals surface area contributed by atoms with Gasteiger partial charge in [-0.2, -0.15) is 0 Å². The Hall–Kier alpha value is -1.85. The van der Waals surface area contributed by atoms with Crippen molar-refractivity contribution in [1.29, 1.82) is 0 Å².